The Bertz CT molecular complexity index is 189. The van der Waals surface area contributed by atoms with E-state index in [1.807, 2.05) is 0 Å². The van der Waals surface area contributed by atoms with Crippen molar-refractivity contribution < 1.29 is 27.7 Å². The molecule has 0 aromatic rings. The molecule has 4 N–H and O–H groups in total. The van der Waals surface area contributed by atoms with Crippen molar-refractivity contribution in [3.8, 4) is 0 Å². The third-order valence-electron chi connectivity index (χ3n) is 0.843. The normalized spacial score (nSPS) is 10.7. The maximum atomic E-state index is 8.74. The zero-order valence-electron chi connectivity index (χ0n) is 8.07. The fourth-order valence-corrected chi connectivity index (χ4v) is 2.06. The van der Waals surface area contributed by atoms with Gasteiger partial charge in [0.25, 0.3) is 0 Å². The number of aliphatic hydroxyl groups is 2. The van der Waals surface area contributed by atoms with Crippen molar-refractivity contribution in [1.82, 2.24) is 0 Å². The van der Waals surface area contributed by atoms with Crippen LogP contribution in [0.25, 0.3) is 0 Å². The van der Waals surface area contributed by atoms with E-state index in [1.165, 1.54) is 0 Å². The number of thioether (sulfide) groups is 2. The third kappa shape index (κ3) is 40.3. The first-order valence-corrected chi connectivity index (χ1v) is 7.69. The Morgan fingerprint density at radius 1 is 0.800 bits per heavy atom. The molecular formula is C6H16O6S3. The largest absolute Gasteiger partial charge is 0.396 e. The lowest BCUT2D eigenvalue weighted by atomic mass is 10.9. The van der Waals surface area contributed by atoms with Gasteiger partial charge in [0.1, 0.15) is 0 Å². The second-order valence-electron chi connectivity index (χ2n) is 2.12. The van der Waals surface area contributed by atoms with Crippen LogP contribution >= 0.6 is 23.5 Å². The molecule has 0 saturated carbocycles. The molecule has 0 aliphatic carbocycles. The highest BCUT2D eigenvalue weighted by Crippen LogP contribution is 2.05. The first kappa shape index (κ1) is 17.9. The zero-order chi connectivity index (χ0) is 12.2. The Morgan fingerprint density at radius 3 is 1.27 bits per heavy atom. The van der Waals surface area contributed by atoms with E-state index in [4.69, 9.17) is 27.7 Å². The second kappa shape index (κ2) is 12.6. The van der Waals surface area contributed by atoms with Crippen molar-refractivity contribution in [3.05, 3.63) is 0 Å². The van der Waals surface area contributed by atoms with Crippen LogP contribution < -0.4 is 0 Å². The van der Waals surface area contributed by atoms with Crippen LogP contribution in [-0.2, 0) is 10.4 Å². The van der Waals surface area contributed by atoms with E-state index in [1.54, 1.807) is 23.5 Å². The van der Waals surface area contributed by atoms with Gasteiger partial charge in [0.2, 0.25) is 0 Å². The van der Waals surface area contributed by atoms with E-state index in [0.717, 1.165) is 23.0 Å². The standard InChI is InChI=1S/C6H14O2S2.H2O4S/c7-1-3-9-5-6-10-4-2-8;1-5(2,3)4/h7-8H,1-6H2;(H2,1,2,3,4). The van der Waals surface area contributed by atoms with Crippen LogP contribution in [0.5, 0.6) is 0 Å². The highest BCUT2D eigenvalue weighted by molar-refractivity contribution is 8.02. The molecule has 15 heavy (non-hydrogen) atoms. The summed E-state index contributed by atoms with van der Waals surface area (Å²) in [6.45, 7) is 0.546. The van der Waals surface area contributed by atoms with Gasteiger partial charge in [-0.1, -0.05) is 0 Å². The van der Waals surface area contributed by atoms with Crippen LogP contribution in [0.15, 0.2) is 0 Å². The van der Waals surface area contributed by atoms with E-state index in [0.29, 0.717) is 0 Å². The summed E-state index contributed by atoms with van der Waals surface area (Å²) in [6, 6.07) is 0. The lowest BCUT2D eigenvalue weighted by Crippen LogP contribution is -1.93. The second-order valence-corrected chi connectivity index (χ2v) is 5.46. The van der Waals surface area contributed by atoms with Crippen molar-refractivity contribution in [2.75, 3.05) is 36.2 Å². The predicted octanol–water partition coefficient (Wildman–Crippen LogP) is -0.215. The summed E-state index contributed by atoms with van der Waals surface area (Å²) < 4.78 is 31.6. The van der Waals surface area contributed by atoms with Crippen LogP contribution in [0.3, 0.4) is 0 Å². The monoisotopic (exact) mass is 280 g/mol. The van der Waals surface area contributed by atoms with Gasteiger partial charge in [-0.25, -0.2) is 0 Å². The average molecular weight is 280 g/mol. The molecule has 0 saturated heterocycles. The summed E-state index contributed by atoms with van der Waals surface area (Å²) in [6.07, 6.45) is 0. The first-order chi connectivity index (χ1) is 6.91. The fraction of sp³-hybridized carbons (Fsp3) is 1.00. The smallest absolute Gasteiger partial charge is 0.394 e. The molecule has 0 fully saturated rings. The van der Waals surface area contributed by atoms with Gasteiger partial charge in [-0.3, -0.25) is 9.11 Å². The predicted molar refractivity (Wildman–Crippen MR) is 63.0 cm³/mol. The number of rotatable bonds is 7. The molecule has 0 aliphatic heterocycles. The van der Waals surface area contributed by atoms with Gasteiger partial charge in [-0.05, 0) is 0 Å². The summed E-state index contributed by atoms with van der Waals surface area (Å²) >= 11 is 3.50. The minimum absolute atomic E-state index is 0.273. The number of hydrogen-bond acceptors (Lipinski definition) is 6. The zero-order valence-corrected chi connectivity index (χ0v) is 10.5. The van der Waals surface area contributed by atoms with Crippen LogP contribution in [0.4, 0.5) is 0 Å². The van der Waals surface area contributed by atoms with Crippen LogP contribution in [0.2, 0.25) is 0 Å². The molecule has 0 atom stereocenters. The Labute approximate surface area is 98.0 Å². The van der Waals surface area contributed by atoms with Crippen molar-refractivity contribution in [2.24, 2.45) is 0 Å². The molecule has 0 rings (SSSR count). The van der Waals surface area contributed by atoms with Crippen molar-refractivity contribution in [3.63, 3.8) is 0 Å². The van der Waals surface area contributed by atoms with Crippen molar-refractivity contribution >= 4 is 33.9 Å². The SMILES string of the molecule is O=S(=O)(O)O.OCCSCCSCCO. The maximum absolute atomic E-state index is 8.74. The van der Waals surface area contributed by atoms with Gasteiger partial charge in [0, 0.05) is 23.0 Å². The van der Waals surface area contributed by atoms with Gasteiger partial charge in [0.05, 0.1) is 13.2 Å². The summed E-state index contributed by atoms with van der Waals surface area (Å²) in [5.41, 5.74) is 0. The lowest BCUT2D eigenvalue weighted by molar-refractivity contribution is 0.322. The van der Waals surface area contributed by atoms with Gasteiger partial charge >= 0.3 is 10.4 Å². The minimum atomic E-state index is -4.67. The number of aliphatic hydroxyl groups excluding tert-OH is 2. The Balaban J connectivity index is 0. The third-order valence-corrected chi connectivity index (χ3v) is 3.03. The number of hydrogen-bond donors (Lipinski definition) is 4. The first-order valence-electron chi connectivity index (χ1n) is 3.99. The molecule has 0 aromatic carbocycles. The summed E-state index contributed by atoms with van der Waals surface area (Å²) in [7, 11) is -4.67. The molecule has 0 radical (unpaired) electrons. The summed E-state index contributed by atoms with van der Waals surface area (Å²) in [5.74, 6) is 3.82. The molecular weight excluding hydrogens is 264 g/mol. The topological polar surface area (TPSA) is 115 Å². The van der Waals surface area contributed by atoms with Crippen LogP contribution in [-0.4, -0.2) is 64.0 Å². The summed E-state index contributed by atoms with van der Waals surface area (Å²) in [5, 5.41) is 16.8. The molecule has 0 unspecified atom stereocenters. The van der Waals surface area contributed by atoms with Crippen LogP contribution in [0, 0.1) is 0 Å². The quantitative estimate of drug-likeness (QED) is 0.374. The molecule has 0 amide bonds. The van der Waals surface area contributed by atoms with E-state index >= 15 is 0 Å². The van der Waals surface area contributed by atoms with E-state index < -0.39 is 10.4 Å². The van der Waals surface area contributed by atoms with Crippen LogP contribution in [0.1, 0.15) is 0 Å². The Hall–Kier alpha value is 0.490. The molecule has 9 heteroatoms. The maximum Gasteiger partial charge on any atom is 0.394 e. The van der Waals surface area contributed by atoms with E-state index in [2.05, 4.69) is 0 Å². The van der Waals surface area contributed by atoms with Gasteiger partial charge in [0.15, 0.2) is 0 Å². The Kier molecular flexibility index (Phi) is 15.0. The Morgan fingerprint density at radius 2 is 1.07 bits per heavy atom. The molecule has 0 bridgehead atoms. The molecule has 0 heterocycles. The average Bonchev–Trinajstić information content (AvgIpc) is 2.08. The fourth-order valence-electron chi connectivity index (χ4n) is 0.451. The summed E-state index contributed by atoms with van der Waals surface area (Å²) in [4.78, 5) is 0. The highest BCUT2D eigenvalue weighted by Gasteiger charge is 1.88. The van der Waals surface area contributed by atoms with Gasteiger partial charge in [-0.2, -0.15) is 31.9 Å². The van der Waals surface area contributed by atoms with Gasteiger partial charge < -0.3 is 10.2 Å². The highest BCUT2D eigenvalue weighted by atomic mass is 32.3. The molecule has 6 nitrogen and oxygen atoms in total. The molecule has 0 aromatic heterocycles. The minimum Gasteiger partial charge on any atom is -0.396 e. The lowest BCUT2D eigenvalue weighted by Gasteiger charge is -1.97. The van der Waals surface area contributed by atoms with E-state index in [-0.39, 0.29) is 13.2 Å². The van der Waals surface area contributed by atoms with Gasteiger partial charge in [-0.15, -0.1) is 0 Å². The van der Waals surface area contributed by atoms with E-state index in [9.17, 15) is 0 Å². The van der Waals surface area contributed by atoms with Crippen molar-refractivity contribution in [2.45, 2.75) is 0 Å². The molecule has 0 spiro atoms. The molecule has 94 valence electrons. The van der Waals surface area contributed by atoms with Crippen molar-refractivity contribution in [1.29, 1.82) is 0 Å². The molecule has 0 aliphatic rings.